The standard InChI is InChI=1S/C17H20N4O4/c1-16(2,3)25-15(22)18-17(9-10-17)12-4-6-13(7-5-12)20-11-8-14(19-20)21(23)24/h4-8,11H,9-10H2,1-3H3,(H,18,22). The largest absolute Gasteiger partial charge is 0.444 e. The molecule has 0 bridgehead atoms. The molecule has 1 aromatic carbocycles. The number of hydrogen-bond acceptors (Lipinski definition) is 5. The highest BCUT2D eigenvalue weighted by Crippen LogP contribution is 2.45. The summed E-state index contributed by atoms with van der Waals surface area (Å²) in [4.78, 5) is 22.2. The second kappa shape index (κ2) is 5.87. The van der Waals surface area contributed by atoms with Crippen LogP contribution in [-0.4, -0.2) is 26.4 Å². The first-order valence-electron chi connectivity index (χ1n) is 8.01. The number of rotatable bonds is 4. The summed E-state index contributed by atoms with van der Waals surface area (Å²) < 4.78 is 6.77. The van der Waals surface area contributed by atoms with Gasteiger partial charge in [-0.2, -0.15) is 0 Å². The molecule has 0 atom stereocenters. The Morgan fingerprint density at radius 1 is 1.28 bits per heavy atom. The molecular formula is C17H20N4O4. The van der Waals surface area contributed by atoms with Crippen molar-refractivity contribution in [1.29, 1.82) is 0 Å². The van der Waals surface area contributed by atoms with Crippen molar-refractivity contribution < 1.29 is 14.5 Å². The minimum absolute atomic E-state index is 0.200. The SMILES string of the molecule is CC(C)(C)OC(=O)NC1(c2ccc(-n3ccc([N+](=O)[O-])n3)cc2)CC1. The lowest BCUT2D eigenvalue weighted by Crippen LogP contribution is -2.39. The quantitative estimate of drug-likeness (QED) is 0.677. The molecule has 1 aliphatic rings. The van der Waals surface area contributed by atoms with Crippen molar-refractivity contribution in [2.24, 2.45) is 0 Å². The number of amides is 1. The van der Waals surface area contributed by atoms with Gasteiger partial charge in [0.2, 0.25) is 0 Å². The molecule has 1 amide bonds. The Labute approximate surface area is 144 Å². The number of nitrogens with one attached hydrogen (secondary N) is 1. The molecule has 0 spiro atoms. The lowest BCUT2D eigenvalue weighted by Gasteiger charge is -2.23. The van der Waals surface area contributed by atoms with Crippen LogP contribution in [0.4, 0.5) is 10.6 Å². The summed E-state index contributed by atoms with van der Waals surface area (Å²) in [5.41, 5.74) is 0.754. The van der Waals surface area contributed by atoms with Crippen LogP contribution in [0, 0.1) is 10.1 Å². The summed E-state index contributed by atoms with van der Waals surface area (Å²) in [6, 6.07) is 8.78. The van der Waals surface area contributed by atoms with Crippen LogP contribution in [0.15, 0.2) is 36.5 Å². The molecule has 1 aliphatic carbocycles. The molecular weight excluding hydrogens is 324 g/mol. The van der Waals surface area contributed by atoms with Gasteiger partial charge in [-0.25, -0.2) is 4.79 Å². The monoisotopic (exact) mass is 344 g/mol. The lowest BCUT2D eigenvalue weighted by molar-refractivity contribution is -0.389. The Morgan fingerprint density at radius 2 is 1.92 bits per heavy atom. The Kier molecular flexibility index (Phi) is 3.98. The number of benzene rings is 1. The van der Waals surface area contributed by atoms with Crippen molar-refractivity contribution in [2.75, 3.05) is 0 Å². The second-order valence-corrected chi connectivity index (χ2v) is 7.13. The first kappa shape index (κ1) is 16.9. The molecule has 8 heteroatoms. The minimum atomic E-state index is -0.543. The van der Waals surface area contributed by atoms with E-state index in [1.807, 2.05) is 45.0 Å². The number of nitrogens with zero attached hydrogens (tertiary/aromatic N) is 3. The van der Waals surface area contributed by atoms with Crippen molar-refractivity contribution >= 4 is 11.9 Å². The summed E-state index contributed by atoms with van der Waals surface area (Å²) in [5, 5.41) is 17.6. The van der Waals surface area contributed by atoms with Gasteiger partial charge in [-0.3, -0.25) is 0 Å². The van der Waals surface area contributed by atoms with Gasteiger partial charge in [-0.05, 0) is 56.2 Å². The van der Waals surface area contributed by atoms with Gasteiger partial charge < -0.3 is 20.2 Å². The average molecular weight is 344 g/mol. The van der Waals surface area contributed by atoms with Crippen LogP contribution in [0.3, 0.4) is 0 Å². The van der Waals surface area contributed by atoms with Crippen LogP contribution >= 0.6 is 0 Å². The first-order valence-corrected chi connectivity index (χ1v) is 8.01. The van der Waals surface area contributed by atoms with E-state index in [4.69, 9.17) is 4.74 Å². The van der Waals surface area contributed by atoms with E-state index in [1.165, 1.54) is 10.7 Å². The van der Waals surface area contributed by atoms with E-state index in [0.717, 1.165) is 18.4 Å². The van der Waals surface area contributed by atoms with Crippen LogP contribution in [0.2, 0.25) is 0 Å². The van der Waals surface area contributed by atoms with Crippen LogP contribution in [-0.2, 0) is 10.3 Å². The number of hydrogen-bond donors (Lipinski definition) is 1. The summed E-state index contributed by atoms with van der Waals surface area (Å²) in [7, 11) is 0. The molecule has 0 saturated heterocycles. The highest BCUT2D eigenvalue weighted by molar-refractivity contribution is 5.70. The highest BCUT2D eigenvalue weighted by Gasteiger charge is 2.46. The zero-order valence-electron chi connectivity index (χ0n) is 14.4. The molecule has 0 aliphatic heterocycles. The van der Waals surface area contributed by atoms with Crippen molar-refractivity contribution in [2.45, 2.75) is 44.8 Å². The number of carbonyl (C=O) groups is 1. The van der Waals surface area contributed by atoms with Crippen LogP contribution in [0.25, 0.3) is 5.69 Å². The molecule has 3 rings (SSSR count). The van der Waals surface area contributed by atoms with Crippen molar-refractivity contribution in [3.63, 3.8) is 0 Å². The molecule has 1 fully saturated rings. The Balaban J connectivity index is 1.73. The summed E-state index contributed by atoms with van der Waals surface area (Å²) in [6.07, 6.45) is 2.80. The summed E-state index contributed by atoms with van der Waals surface area (Å²) in [5.74, 6) is -0.200. The molecule has 132 valence electrons. The predicted octanol–water partition coefficient (Wildman–Crippen LogP) is 3.29. The molecule has 1 saturated carbocycles. The fraction of sp³-hybridized carbons (Fsp3) is 0.412. The average Bonchev–Trinajstić information content (AvgIpc) is 3.11. The maximum atomic E-state index is 12.0. The van der Waals surface area contributed by atoms with Gasteiger partial charge in [0.25, 0.3) is 0 Å². The smallest absolute Gasteiger partial charge is 0.408 e. The number of carbonyl (C=O) groups excluding carboxylic acids is 1. The van der Waals surface area contributed by atoms with Gasteiger partial charge in [0.05, 0.1) is 28.6 Å². The lowest BCUT2D eigenvalue weighted by atomic mass is 10.0. The normalized spacial score (nSPS) is 15.5. The van der Waals surface area contributed by atoms with E-state index < -0.39 is 22.2 Å². The maximum Gasteiger partial charge on any atom is 0.408 e. The first-order chi connectivity index (χ1) is 11.7. The Bertz CT molecular complexity index is 801. The second-order valence-electron chi connectivity index (χ2n) is 7.13. The van der Waals surface area contributed by atoms with E-state index in [2.05, 4.69) is 10.4 Å². The van der Waals surface area contributed by atoms with Gasteiger partial charge in [-0.1, -0.05) is 12.1 Å². The van der Waals surface area contributed by atoms with E-state index in [9.17, 15) is 14.9 Å². The number of alkyl carbamates (subject to hydrolysis) is 1. The Hall–Kier alpha value is -2.90. The van der Waals surface area contributed by atoms with E-state index in [1.54, 1.807) is 6.20 Å². The molecule has 1 N–H and O–H groups in total. The fourth-order valence-corrected chi connectivity index (χ4v) is 2.60. The Morgan fingerprint density at radius 3 is 2.40 bits per heavy atom. The summed E-state index contributed by atoms with van der Waals surface area (Å²) in [6.45, 7) is 5.47. The van der Waals surface area contributed by atoms with Crippen LogP contribution < -0.4 is 5.32 Å². The van der Waals surface area contributed by atoms with E-state index in [-0.39, 0.29) is 5.82 Å². The van der Waals surface area contributed by atoms with Gasteiger partial charge in [0.1, 0.15) is 5.60 Å². The van der Waals surface area contributed by atoms with Gasteiger partial charge in [0, 0.05) is 0 Å². The molecule has 8 nitrogen and oxygen atoms in total. The maximum absolute atomic E-state index is 12.0. The van der Waals surface area contributed by atoms with Crippen molar-refractivity contribution in [3.8, 4) is 5.69 Å². The van der Waals surface area contributed by atoms with Crippen molar-refractivity contribution in [1.82, 2.24) is 15.1 Å². The highest BCUT2D eigenvalue weighted by atomic mass is 16.6. The number of aromatic nitrogens is 2. The number of nitro groups is 1. The third-order valence-corrected chi connectivity index (χ3v) is 3.94. The van der Waals surface area contributed by atoms with Gasteiger partial charge in [0.15, 0.2) is 0 Å². The molecule has 1 heterocycles. The molecule has 2 aromatic rings. The minimum Gasteiger partial charge on any atom is -0.444 e. The van der Waals surface area contributed by atoms with Gasteiger partial charge >= 0.3 is 11.9 Å². The molecule has 0 unspecified atom stereocenters. The van der Waals surface area contributed by atoms with Crippen LogP contribution in [0.5, 0.6) is 0 Å². The van der Waals surface area contributed by atoms with Gasteiger partial charge in [-0.15, -0.1) is 4.68 Å². The molecule has 0 radical (unpaired) electrons. The van der Waals surface area contributed by atoms with E-state index in [0.29, 0.717) is 5.69 Å². The molecule has 1 aromatic heterocycles. The van der Waals surface area contributed by atoms with Crippen molar-refractivity contribution in [3.05, 3.63) is 52.2 Å². The number of ether oxygens (including phenoxy) is 1. The van der Waals surface area contributed by atoms with Crippen LogP contribution in [0.1, 0.15) is 39.2 Å². The zero-order valence-corrected chi connectivity index (χ0v) is 14.4. The topological polar surface area (TPSA) is 99.3 Å². The zero-order chi connectivity index (χ0) is 18.2. The molecule has 25 heavy (non-hydrogen) atoms. The van der Waals surface area contributed by atoms with E-state index >= 15 is 0 Å². The third kappa shape index (κ3) is 3.78. The fourth-order valence-electron chi connectivity index (χ4n) is 2.60. The third-order valence-electron chi connectivity index (χ3n) is 3.94. The summed E-state index contributed by atoms with van der Waals surface area (Å²) >= 11 is 0. The predicted molar refractivity (Wildman–Crippen MR) is 90.5 cm³/mol.